The van der Waals surface area contributed by atoms with Crippen LogP contribution in [0.1, 0.15) is 13.8 Å². The Kier molecular flexibility index (Phi) is 5.85. The minimum absolute atomic E-state index is 0.0338. The standard InChI is InChI=1S/C9H19N3O7/c1-4(2)10-12(17)11-19-9-8(16)7(15)6(14)5(3-13)18-9/h4-9,13-16H,3H2,1-2H3,(H,10,11)/t5-,6-,7+,8-,9+/m1/s1. The highest BCUT2D eigenvalue weighted by atomic mass is 16.8. The molecule has 10 heteroatoms. The number of nitrogens with one attached hydrogen (secondary N) is 1. The van der Waals surface area contributed by atoms with Crippen molar-refractivity contribution in [2.45, 2.75) is 50.6 Å². The molecule has 1 heterocycles. The summed E-state index contributed by atoms with van der Waals surface area (Å²) >= 11 is 0. The minimum Gasteiger partial charge on any atom is -0.570 e. The molecule has 0 aromatic carbocycles. The van der Waals surface area contributed by atoms with Gasteiger partial charge in [0.15, 0.2) is 0 Å². The van der Waals surface area contributed by atoms with E-state index >= 15 is 0 Å². The van der Waals surface area contributed by atoms with Crippen molar-refractivity contribution in [2.75, 3.05) is 6.61 Å². The normalized spacial score (nSPS) is 36.6. The Morgan fingerprint density at radius 2 is 1.95 bits per heavy atom. The van der Waals surface area contributed by atoms with E-state index in [2.05, 4.69) is 5.11 Å². The van der Waals surface area contributed by atoms with Crippen molar-refractivity contribution in [1.29, 1.82) is 0 Å². The predicted octanol–water partition coefficient (Wildman–Crippen LogP) is -2.41. The van der Waals surface area contributed by atoms with E-state index in [1.165, 1.54) is 0 Å². The molecule has 0 aliphatic carbocycles. The first-order valence-corrected chi connectivity index (χ1v) is 5.76. The predicted molar refractivity (Wildman–Crippen MR) is 59.2 cm³/mol. The Bertz CT molecular complexity index is 312. The second kappa shape index (κ2) is 6.93. The first kappa shape index (κ1) is 16.0. The molecule has 0 saturated carbocycles. The number of hydrogen-bond donors (Lipinski definition) is 5. The second-order valence-electron chi connectivity index (χ2n) is 4.39. The van der Waals surface area contributed by atoms with Gasteiger partial charge in [-0.15, -0.1) is 0 Å². The Balaban J connectivity index is 2.57. The van der Waals surface area contributed by atoms with E-state index < -0.39 is 37.3 Å². The van der Waals surface area contributed by atoms with Gasteiger partial charge in [-0.3, -0.25) is 0 Å². The van der Waals surface area contributed by atoms with Crippen LogP contribution >= 0.6 is 0 Å². The molecule has 112 valence electrons. The largest absolute Gasteiger partial charge is 0.570 e. The second-order valence-corrected chi connectivity index (χ2v) is 4.39. The van der Waals surface area contributed by atoms with Crippen LogP contribution in [0.4, 0.5) is 0 Å². The number of hydrogen-bond acceptors (Lipinski definition) is 8. The minimum atomic E-state index is -1.59. The molecule has 0 aromatic rings. The van der Waals surface area contributed by atoms with E-state index in [0.717, 1.165) is 0 Å². The zero-order chi connectivity index (χ0) is 14.6. The summed E-state index contributed by atoms with van der Waals surface area (Å²) in [5.41, 5.74) is 1.85. The van der Waals surface area contributed by atoms with Crippen LogP contribution in [0.25, 0.3) is 0 Å². The maximum Gasteiger partial charge on any atom is 0.218 e. The molecule has 0 spiro atoms. The number of hydrazine groups is 1. The monoisotopic (exact) mass is 281 g/mol. The zero-order valence-electron chi connectivity index (χ0n) is 10.6. The average molecular weight is 281 g/mol. The Labute approximate surface area is 109 Å². The molecule has 1 saturated heterocycles. The maximum absolute atomic E-state index is 11.1. The topological polar surface area (TPSA) is 150 Å². The van der Waals surface area contributed by atoms with Crippen LogP contribution in [0.2, 0.25) is 0 Å². The van der Waals surface area contributed by atoms with Crippen LogP contribution in [0.3, 0.4) is 0 Å². The van der Waals surface area contributed by atoms with Gasteiger partial charge in [-0.05, 0) is 19.4 Å². The molecular weight excluding hydrogens is 262 g/mol. The lowest BCUT2D eigenvalue weighted by Gasteiger charge is -2.38. The molecule has 0 bridgehead atoms. The van der Waals surface area contributed by atoms with Crippen molar-refractivity contribution in [3.8, 4) is 0 Å². The van der Waals surface area contributed by atoms with Crippen LogP contribution in [-0.4, -0.2) is 68.8 Å². The number of rotatable bonds is 5. The fourth-order valence-electron chi connectivity index (χ4n) is 1.50. The number of ether oxygens (including phenoxy) is 1. The lowest BCUT2D eigenvalue weighted by Crippen LogP contribution is -2.60. The van der Waals surface area contributed by atoms with E-state index in [1.54, 1.807) is 13.8 Å². The van der Waals surface area contributed by atoms with Crippen molar-refractivity contribution < 1.29 is 35.0 Å². The van der Waals surface area contributed by atoms with Crippen LogP contribution in [0, 0.1) is 5.21 Å². The number of nitrogens with zero attached hydrogens (tertiary/aromatic N) is 2. The molecule has 19 heavy (non-hydrogen) atoms. The van der Waals surface area contributed by atoms with Gasteiger partial charge in [0.25, 0.3) is 0 Å². The fraction of sp³-hybridized carbons (Fsp3) is 1.00. The number of aliphatic hydroxyl groups is 4. The molecule has 1 aliphatic rings. The van der Waals surface area contributed by atoms with Crippen LogP contribution < -0.4 is 5.59 Å². The third kappa shape index (κ3) is 4.23. The summed E-state index contributed by atoms with van der Waals surface area (Å²) in [7, 11) is 0. The van der Waals surface area contributed by atoms with Gasteiger partial charge in [0.1, 0.15) is 30.5 Å². The molecule has 0 radical (unpaired) electrons. The molecule has 5 atom stereocenters. The molecule has 0 unspecified atom stereocenters. The van der Waals surface area contributed by atoms with Crippen molar-refractivity contribution in [2.24, 2.45) is 5.11 Å². The highest BCUT2D eigenvalue weighted by Gasteiger charge is 2.44. The Morgan fingerprint density at radius 1 is 1.32 bits per heavy atom. The van der Waals surface area contributed by atoms with Gasteiger partial charge in [0, 0.05) is 5.11 Å². The lowest BCUT2D eigenvalue weighted by atomic mass is 9.99. The van der Waals surface area contributed by atoms with Gasteiger partial charge in [-0.1, -0.05) is 0 Å². The highest BCUT2D eigenvalue weighted by molar-refractivity contribution is 4.88. The van der Waals surface area contributed by atoms with Gasteiger partial charge in [-0.25, -0.2) is 0 Å². The van der Waals surface area contributed by atoms with E-state index in [0.29, 0.717) is 0 Å². The molecule has 1 aliphatic heterocycles. The molecule has 0 aromatic heterocycles. The lowest BCUT2D eigenvalue weighted by molar-refractivity contribution is -0.658. The molecular formula is C9H19N3O7. The fourth-order valence-corrected chi connectivity index (χ4v) is 1.50. The van der Waals surface area contributed by atoms with Gasteiger partial charge < -0.3 is 30.4 Å². The summed E-state index contributed by atoms with van der Waals surface area (Å²) in [6.45, 7) is 2.75. The summed E-state index contributed by atoms with van der Waals surface area (Å²) < 4.78 is 4.98. The Morgan fingerprint density at radius 3 is 2.47 bits per heavy atom. The average Bonchev–Trinajstić information content (AvgIpc) is 2.34. The van der Waals surface area contributed by atoms with Crippen LogP contribution in [0.15, 0.2) is 5.11 Å². The van der Waals surface area contributed by atoms with Crippen molar-refractivity contribution in [1.82, 2.24) is 5.59 Å². The van der Waals surface area contributed by atoms with E-state index in [1.807, 2.05) is 5.59 Å². The summed E-state index contributed by atoms with van der Waals surface area (Å²) in [4.78, 5) is 4.76. The van der Waals surface area contributed by atoms with Gasteiger partial charge in [0.05, 0.1) is 11.6 Å². The van der Waals surface area contributed by atoms with E-state index in [9.17, 15) is 20.5 Å². The smallest absolute Gasteiger partial charge is 0.218 e. The molecule has 10 nitrogen and oxygen atoms in total. The quantitative estimate of drug-likeness (QED) is 0.212. The molecule has 1 fully saturated rings. The summed E-state index contributed by atoms with van der Waals surface area (Å²) in [6.07, 6.45) is -7.18. The van der Waals surface area contributed by atoms with E-state index in [4.69, 9.17) is 14.7 Å². The van der Waals surface area contributed by atoms with Crippen molar-refractivity contribution >= 4 is 0 Å². The van der Waals surface area contributed by atoms with Crippen molar-refractivity contribution in [3.05, 3.63) is 5.21 Å². The van der Waals surface area contributed by atoms with E-state index in [-0.39, 0.29) is 11.0 Å². The first-order chi connectivity index (χ1) is 8.86. The van der Waals surface area contributed by atoms with Gasteiger partial charge in [-0.2, -0.15) is 4.84 Å². The van der Waals surface area contributed by atoms with Crippen molar-refractivity contribution in [3.63, 3.8) is 0 Å². The first-order valence-electron chi connectivity index (χ1n) is 5.76. The third-order valence-electron chi connectivity index (χ3n) is 2.43. The molecule has 0 amide bonds. The summed E-state index contributed by atoms with van der Waals surface area (Å²) in [5.74, 6) is 0. The molecule has 5 N–H and O–H groups in total. The van der Waals surface area contributed by atoms with Gasteiger partial charge >= 0.3 is 0 Å². The zero-order valence-corrected chi connectivity index (χ0v) is 10.6. The molecule has 1 rings (SSSR count). The number of aliphatic hydroxyl groups excluding tert-OH is 4. The third-order valence-corrected chi connectivity index (χ3v) is 2.43. The van der Waals surface area contributed by atoms with Crippen LogP contribution in [-0.2, 0) is 9.57 Å². The SMILES string of the molecule is CC(C)N=[N+]([O-])NO[C@@H]1O[C@H](CO)[C@@H](O)[C@H](O)[C@H]1O. The maximum atomic E-state index is 11.1. The van der Waals surface area contributed by atoms with Gasteiger partial charge in [0.2, 0.25) is 6.29 Å². The van der Waals surface area contributed by atoms with Crippen LogP contribution in [0.5, 0.6) is 0 Å². The summed E-state index contributed by atoms with van der Waals surface area (Å²) in [5, 5.41) is 52.1. The Hall–Kier alpha value is -1.04. The highest BCUT2D eigenvalue weighted by Crippen LogP contribution is 2.21. The summed E-state index contributed by atoms with van der Waals surface area (Å²) in [6, 6.07) is -0.275.